The average Bonchev–Trinajstić information content (AvgIpc) is 4.01. The van der Waals surface area contributed by atoms with Crippen LogP contribution in [0.15, 0.2) is 65.8 Å². The number of hydrogen-bond donors (Lipinski definition) is 4. The van der Waals surface area contributed by atoms with E-state index in [1.54, 1.807) is 11.8 Å². The lowest BCUT2D eigenvalue weighted by molar-refractivity contribution is 0.0850. The summed E-state index contributed by atoms with van der Waals surface area (Å²) in [7, 11) is 0. The van der Waals surface area contributed by atoms with E-state index in [2.05, 4.69) is 46.7 Å². The second-order valence-electron chi connectivity index (χ2n) is 12.4. The van der Waals surface area contributed by atoms with Crippen molar-refractivity contribution in [1.82, 2.24) is 15.2 Å². The minimum Gasteiger partial charge on any atom is -0.490 e. The second-order valence-corrected chi connectivity index (χ2v) is 14.0. The first-order valence-corrected chi connectivity index (χ1v) is 17.9. The minimum absolute atomic E-state index is 0.146. The van der Waals surface area contributed by atoms with Crippen molar-refractivity contribution < 1.29 is 24.9 Å². The van der Waals surface area contributed by atoms with E-state index >= 15 is 0 Å². The third-order valence-electron chi connectivity index (χ3n) is 8.75. The minimum atomic E-state index is -0.903. The van der Waals surface area contributed by atoms with Crippen LogP contribution in [0.1, 0.15) is 75.3 Å². The number of nitrogens with one attached hydrogen (secondary N) is 1. The number of thioether (sulfide) groups is 1. The van der Waals surface area contributed by atoms with E-state index in [1.165, 1.54) is 15.4 Å². The molecule has 10 heteroatoms. The summed E-state index contributed by atoms with van der Waals surface area (Å²) in [5.74, 6) is 1.89. The summed E-state index contributed by atoms with van der Waals surface area (Å²) < 4.78 is 6.26. The number of aromatic nitrogens is 1. The molecular formula is C36H46ClN3O5S. The molecule has 3 aromatic rings. The highest BCUT2D eigenvalue weighted by molar-refractivity contribution is 7.99. The molecule has 1 atom stereocenters. The first-order valence-electron chi connectivity index (χ1n) is 16.5. The molecule has 0 radical (unpaired) electrons. The molecular weight excluding hydrogens is 622 g/mol. The quantitative estimate of drug-likeness (QED) is 0.0724. The van der Waals surface area contributed by atoms with Gasteiger partial charge in [0, 0.05) is 53.0 Å². The van der Waals surface area contributed by atoms with E-state index < -0.39 is 12.2 Å². The topological polar surface area (TPSA) is 115 Å². The average molecular weight is 668 g/mol. The SMILES string of the molecule is O=C(O)N(CCCCCSc1ccc(Cl)c(CNC2(c3cnccc3-c3ccccc3OC3CC3)CC2)c1)CCCCC(O)CO. The molecule has 4 N–H and O–H groups in total. The number of ether oxygens (including phenoxy) is 1. The van der Waals surface area contributed by atoms with Crippen LogP contribution in [-0.2, 0) is 12.1 Å². The molecule has 1 amide bonds. The highest BCUT2D eigenvalue weighted by Gasteiger charge is 2.46. The van der Waals surface area contributed by atoms with Gasteiger partial charge in [-0.2, -0.15) is 0 Å². The molecule has 5 rings (SSSR count). The third kappa shape index (κ3) is 9.84. The van der Waals surface area contributed by atoms with Crippen molar-refractivity contribution in [2.24, 2.45) is 0 Å². The maximum Gasteiger partial charge on any atom is 0.407 e. The highest BCUT2D eigenvalue weighted by atomic mass is 35.5. The van der Waals surface area contributed by atoms with Crippen LogP contribution in [0, 0.1) is 0 Å². The summed E-state index contributed by atoms with van der Waals surface area (Å²) in [6.45, 7) is 1.37. The molecule has 2 saturated carbocycles. The summed E-state index contributed by atoms with van der Waals surface area (Å²) in [5, 5.41) is 32.4. The monoisotopic (exact) mass is 667 g/mol. The summed E-state index contributed by atoms with van der Waals surface area (Å²) in [4.78, 5) is 18.7. The molecule has 2 fully saturated rings. The Hall–Kier alpha value is -2.82. The van der Waals surface area contributed by atoms with Crippen LogP contribution in [0.5, 0.6) is 5.75 Å². The third-order valence-corrected chi connectivity index (χ3v) is 10.2. The molecule has 1 aromatic heterocycles. The Morgan fingerprint density at radius 2 is 1.85 bits per heavy atom. The maximum absolute atomic E-state index is 11.6. The van der Waals surface area contributed by atoms with E-state index in [4.69, 9.17) is 21.4 Å². The number of pyridine rings is 1. The van der Waals surface area contributed by atoms with Crippen LogP contribution in [-0.4, -0.2) is 69.0 Å². The van der Waals surface area contributed by atoms with Crippen molar-refractivity contribution in [1.29, 1.82) is 0 Å². The molecule has 2 aromatic carbocycles. The summed E-state index contributed by atoms with van der Waals surface area (Å²) in [5.41, 5.74) is 4.40. The van der Waals surface area contributed by atoms with Gasteiger partial charge in [-0.15, -0.1) is 11.8 Å². The fraction of sp³-hybridized carbons (Fsp3) is 0.500. The van der Waals surface area contributed by atoms with Gasteiger partial charge < -0.3 is 30.3 Å². The Morgan fingerprint density at radius 3 is 2.59 bits per heavy atom. The van der Waals surface area contributed by atoms with Crippen molar-refractivity contribution in [3.8, 4) is 16.9 Å². The van der Waals surface area contributed by atoms with Gasteiger partial charge in [0.25, 0.3) is 0 Å². The fourth-order valence-corrected chi connectivity index (χ4v) is 6.88. The van der Waals surface area contributed by atoms with Crippen LogP contribution in [0.25, 0.3) is 11.1 Å². The van der Waals surface area contributed by atoms with Crippen LogP contribution in [0.3, 0.4) is 0 Å². The number of carboxylic acid groups (broad SMARTS) is 1. The van der Waals surface area contributed by atoms with Crippen LogP contribution >= 0.6 is 23.4 Å². The Labute approximate surface area is 281 Å². The number of amides is 1. The smallest absolute Gasteiger partial charge is 0.407 e. The second kappa shape index (κ2) is 16.8. The first kappa shape index (κ1) is 34.5. The van der Waals surface area contributed by atoms with Crippen molar-refractivity contribution in [2.75, 3.05) is 25.4 Å². The van der Waals surface area contributed by atoms with Crippen molar-refractivity contribution in [2.45, 2.75) is 93.4 Å². The van der Waals surface area contributed by atoms with E-state index in [9.17, 15) is 15.0 Å². The first-order chi connectivity index (χ1) is 22.4. The van der Waals surface area contributed by atoms with E-state index in [0.29, 0.717) is 45.0 Å². The summed E-state index contributed by atoms with van der Waals surface area (Å²) >= 11 is 8.47. The molecule has 0 saturated heterocycles. The number of hydrogen-bond acceptors (Lipinski definition) is 7. The maximum atomic E-state index is 11.6. The predicted molar refractivity (Wildman–Crippen MR) is 184 cm³/mol. The number of para-hydroxylation sites is 1. The Balaban J connectivity index is 1.10. The molecule has 46 heavy (non-hydrogen) atoms. The lowest BCUT2D eigenvalue weighted by Gasteiger charge is -2.23. The number of nitrogens with zero attached hydrogens (tertiary/aromatic N) is 2. The molecule has 0 bridgehead atoms. The highest BCUT2D eigenvalue weighted by Crippen LogP contribution is 2.50. The zero-order chi connectivity index (χ0) is 32.4. The van der Waals surface area contributed by atoms with E-state index in [0.717, 1.165) is 78.2 Å². The van der Waals surface area contributed by atoms with E-state index in [-0.39, 0.29) is 12.1 Å². The number of carbonyl (C=O) groups is 1. The summed E-state index contributed by atoms with van der Waals surface area (Å²) in [6.07, 6.45) is 11.5. The molecule has 1 heterocycles. The number of aliphatic hydroxyl groups excluding tert-OH is 2. The molecule has 2 aliphatic carbocycles. The van der Waals surface area contributed by atoms with Gasteiger partial charge in [0.05, 0.1) is 18.8 Å². The number of unbranched alkanes of at least 4 members (excludes halogenated alkanes) is 3. The van der Waals surface area contributed by atoms with Crippen LogP contribution < -0.4 is 10.1 Å². The van der Waals surface area contributed by atoms with Gasteiger partial charge in [0.15, 0.2) is 0 Å². The van der Waals surface area contributed by atoms with Gasteiger partial charge in [-0.1, -0.05) is 36.2 Å². The number of aliphatic hydroxyl groups is 2. The predicted octanol–water partition coefficient (Wildman–Crippen LogP) is 7.49. The van der Waals surface area contributed by atoms with Gasteiger partial charge in [-0.3, -0.25) is 4.98 Å². The summed E-state index contributed by atoms with van der Waals surface area (Å²) in [6, 6.07) is 16.6. The number of halogens is 1. The van der Waals surface area contributed by atoms with Gasteiger partial charge in [-0.05, 0) is 111 Å². The van der Waals surface area contributed by atoms with Gasteiger partial charge in [0.1, 0.15) is 5.75 Å². The molecule has 2 aliphatic rings. The molecule has 0 aliphatic heterocycles. The van der Waals surface area contributed by atoms with Crippen LogP contribution in [0.2, 0.25) is 5.02 Å². The fourth-order valence-electron chi connectivity index (χ4n) is 5.72. The zero-order valence-electron chi connectivity index (χ0n) is 26.4. The zero-order valence-corrected chi connectivity index (χ0v) is 27.9. The Kier molecular flexibility index (Phi) is 12.6. The van der Waals surface area contributed by atoms with Crippen molar-refractivity contribution in [3.63, 3.8) is 0 Å². The number of rotatable bonds is 20. The lowest BCUT2D eigenvalue weighted by Crippen LogP contribution is -2.31. The molecule has 248 valence electrons. The van der Waals surface area contributed by atoms with Crippen LogP contribution in [0.4, 0.5) is 4.79 Å². The van der Waals surface area contributed by atoms with Crippen molar-refractivity contribution >= 4 is 29.5 Å². The number of benzene rings is 2. The van der Waals surface area contributed by atoms with Gasteiger partial charge in [0.2, 0.25) is 0 Å². The van der Waals surface area contributed by atoms with Gasteiger partial charge >= 0.3 is 6.09 Å². The van der Waals surface area contributed by atoms with Crippen molar-refractivity contribution in [3.05, 3.63) is 77.1 Å². The normalized spacial score (nSPS) is 15.8. The molecule has 0 spiro atoms. The van der Waals surface area contributed by atoms with E-state index in [1.807, 2.05) is 24.5 Å². The standard InChI is InChI=1S/C36H46ClN3O5S/c37-33-14-13-29(46-21-7-1-5-19-40(35(43)44)20-6-4-8-27(42)25-41)22-26(33)23-39-36(16-17-36)32-24-38-18-15-30(32)31-9-2-3-10-34(31)45-28-11-12-28/h2-3,9-10,13-15,18,22,24,27-28,39,41-42H,1,4-8,11-12,16-17,19-21,23,25H2,(H,43,44). The Bertz CT molecular complexity index is 1430. The Morgan fingerprint density at radius 1 is 1.07 bits per heavy atom. The molecule has 1 unspecified atom stereocenters. The molecule has 8 nitrogen and oxygen atoms in total. The lowest BCUT2D eigenvalue weighted by atomic mass is 9.94. The van der Waals surface area contributed by atoms with Gasteiger partial charge in [-0.25, -0.2) is 4.79 Å². The largest absolute Gasteiger partial charge is 0.490 e.